The second-order valence-corrected chi connectivity index (χ2v) is 6.03. The van der Waals surface area contributed by atoms with E-state index in [2.05, 4.69) is 30.6 Å². The van der Waals surface area contributed by atoms with Crippen LogP contribution in [0.2, 0.25) is 0 Å². The van der Waals surface area contributed by atoms with E-state index >= 15 is 0 Å². The fourth-order valence-electron chi connectivity index (χ4n) is 2.54. The van der Waals surface area contributed by atoms with Gasteiger partial charge in [-0.1, -0.05) is 12.1 Å². The molecule has 1 aromatic carbocycles. The number of hydrogen-bond acceptors (Lipinski definition) is 5. The first-order chi connectivity index (χ1) is 11.2. The maximum Gasteiger partial charge on any atom is 0.256 e. The lowest BCUT2D eigenvalue weighted by molar-refractivity contribution is 0.0953. The van der Waals surface area contributed by atoms with Crippen molar-refractivity contribution in [3.63, 3.8) is 0 Å². The lowest BCUT2D eigenvalue weighted by Crippen LogP contribution is -2.26. The van der Waals surface area contributed by atoms with Crippen molar-refractivity contribution in [1.82, 2.24) is 19.2 Å². The maximum atomic E-state index is 12.3. The summed E-state index contributed by atoms with van der Waals surface area (Å²) in [5.41, 5.74) is 3.52. The second-order valence-electron chi connectivity index (χ2n) is 5.26. The number of amides is 1. The van der Waals surface area contributed by atoms with Crippen LogP contribution in [0.25, 0.3) is 11.0 Å². The first kappa shape index (κ1) is 15.5. The van der Waals surface area contributed by atoms with Gasteiger partial charge in [-0.15, -0.1) is 0 Å². The summed E-state index contributed by atoms with van der Waals surface area (Å²) in [6.45, 7) is 3.29. The van der Waals surface area contributed by atoms with Gasteiger partial charge in [0.05, 0.1) is 28.6 Å². The molecule has 0 saturated heterocycles. The van der Waals surface area contributed by atoms with Crippen molar-refractivity contribution in [2.75, 3.05) is 18.9 Å². The molecule has 0 fully saturated rings. The normalized spacial score (nSPS) is 10.9. The number of aryl methyl sites for hydroxylation is 2. The van der Waals surface area contributed by atoms with E-state index in [0.717, 1.165) is 34.7 Å². The molecule has 1 amide bonds. The van der Waals surface area contributed by atoms with Gasteiger partial charge in [0, 0.05) is 20.1 Å². The molecule has 0 aliphatic rings. The molecule has 2 N–H and O–H groups in total. The van der Waals surface area contributed by atoms with Gasteiger partial charge in [0.15, 0.2) is 0 Å². The molecule has 0 unspecified atom stereocenters. The minimum absolute atomic E-state index is 0.0731. The highest BCUT2D eigenvalue weighted by Crippen LogP contribution is 2.23. The Morgan fingerprint density at radius 1 is 1.35 bits per heavy atom. The molecule has 2 aromatic heterocycles. The van der Waals surface area contributed by atoms with E-state index < -0.39 is 0 Å². The zero-order valence-corrected chi connectivity index (χ0v) is 14.0. The van der Waals surface area contributed by atoms with Gasteiger partial charge in [0.1, 0.15) is 5.00 Å². The van der Waals surface area contributed by atoms with Gasteiger partial charge in [-0.2, -0.15) is 4.37 Å². The Labute approximate surface area is 138 Å². The van der Waals surface area contributed by atoms with Gasteiger partial charge < -0.3 is 15.2 Å². The van der Waals surface area contributed by atoms with Gasteiger partial charge >= 0.3 is 0 Å². The van der Waals surface area contributed by atoms with Crippen LogP contribution in [-0.4, -0.2) is 33.4 Å². The molecule has 0 spiro atoms. The number of anilines is 1. The minimum Gasteiger partial charge on any atom is -0.378 e. The Bertz CT molecular complexity index is 823. The monoisotopic (exact) mass is 329 g/mol. The van der Waals surface area contributed by atoms with Crippen LogP contribution in [0.1, 0.15) is 22.5 Å². The molecule has 2 heterocycles. The molecule has 6 nitrogen and oxygen atoms in total. The lowest BCUT2D eigenvalue weighted by atomic mass is 10.2. The molecule has 23 heavy (non-hydrogen) atoms. The highest BCUT2D eigenvalue weighted by Gasteiger charge is 2.16. The zero-order valence-electron chi connectivity index (χ0n) is 13.2. The molecular weight excluding hydrogens is 310 g/mol. The third-order valence-electron chi connectivity index (χ3n) is 3.71. The van der Waals surface area contributed by atoms with E-state index in [9.17, 15) is 4.79 Å². The number of para-hydroxylation sites is 2. The molecule has 7 heteroatoms. The van der Waals surface area contributed by atoms with Crippen LogP contribution in [-0.2, 0) is 6.54 Å². The third-order valence-corrected chi connectivity index (χ3v) is 4.66. The van der Waals surface area contributed by atoms with E-state index in [1.165, 1.54) is 11.5 Å². The summed E-state index contributed by atoms with van der Waals surface area (Å²) in [5, 5.41) is 6.78. The Hall–Kier alpha value is -2.41. The predicted octanol–water partition coefficient (Wildman–Crippen LogP) is 2.66. The Morgan fingerprint density at radius 2 is 2.17 bits per heavy atom. The Balaban J connectivity index is 1.55. The molecule has 0 bridgehead atoms. The molecular formula is C16H19N5OS. The first-order valence-electron chi connectivity index (χ1n) is 7.53. The number of hydrogen-bond donors (Lipinski definition) is 2. The van der Waals surface area contributed by atoms with Gasteiger partial charge in [0.25, 0.3) is 5.91 Å². The van der Waals surface area contributed by atoms with E-state index in [-0.39, 0.29) is 5.91 Å². The van der Waals surface area contributed by atoms with Crippen molar-refractivity contribution >= 4 is 33.5 Å². The Morgan fingerprint density at radius 3 is 3.00 bits per heavy atom. The number of imidazole rings is 1. The zero-order chi connectivity index (χ0) is 16.2. The SMILES string of the molecule is CNc1snc(C)c1C(=O)NCCCn1cnc2ccccc21. The number of carbonyl (C=O) groups is 1. The molecule has 3 rings (SSSR count). The summed E-state index contributed by atoms with van der Waals surface area (Å²) in [6.07, 6.45) is 2.69. The summed E-state index contributed by atoms with van der Waals surface area (Å²) >= 11 is 1.31. The first-order valence-corrected chi connectivity index (χ1v) is 8.30. The topological polar surface area (TPSA) is 71.8 Å². The largest absolute Gasteiger partial charge is 0.378 e. The predicted molar refractivity (Wildman–Crippen MR) is 93.1 cm³/mol. The van der Waals surface area contributed by atoms with E-state index in [4.69, 9.17) is 0 Å². The van der Waals surface area contributed by atoms with Gasteiger partial charge in [-0.3, -0.25) is 4.79 Å². The van der Waals surface area contributed by atoms with E-state index in [0.29, 0.717) is 12.1 Å². The van der Waals surface area contributed by atoms with Crippen LogP contribution < -0.4 is 10.6 Å². The number of aromatic nitrogens is 3. The average Bonchev–Trinajstić information content (AvgIpc) is 3.15. The van der Waals surface area contributed by atoms with Crippen LogP contribution >= 0.6 is 11.5 Å². The number of fused-ring (bicyclic) bond motifs is 1. The number of carbonyl (C=O) groups excluding carboxylic acids is 1. The quantitative estimate of drug-likeness (QED) is 0.682. The van der Waals surface area contributed by atoms with Crippen molar-refractivity contribution in [1.29, 1.82) is 0 Å². The standard InChI is InChI=1S/C16H19N5OS/c1-11-14(16(17-2)23-20-11)15(22)18-8-5-9-21-10-19-12-6-3-4-7-13(12)21/h3-4,6-7,10,17H,5,8-9H2,1-2H3,(H,18,22). The third kappa shape index (κ3) is 3.19. The smallest absolute Gasteiger partial charge is 0.256 e. The summed E-state index contributed by atoms with van der Waals surface area (Å²) in [4.78, 5) is 16.6. The highest BCUT2D eigenvalue weighted by atomic mass is 32.1. The van der Waals surface area contributed by atoms with Crippen LogP contribution in [0.15, 0.2) is 30.6 Å². The minimum atomic E-state index is -0.0731. The van der Waals surface area contributed by atoms with Crippen molar-refractivity contribution in [3.05, 3.63) is 41.9 Å². The summed E-state index contributed by atoms with van der Waals surface area (Å²) in [6, 6.07) is 8.05. The highest BCUT2D eigenvalue weighted by molar-refractivity contribution is 7.10. The molecule has 0 radical (unpaired) electrons. The second kappa shape index (κ2) is 6.78. The van der Waals surface area contributed by atoms with Gasteiger partial charge in [0.2, 0.25) is 0 Å². The maximum absolute atomic E-state index is 12.3. The van der Waals surface area contributed by atoms with Crippen molar-refractivity contribution in [3.8, 4) is 0 Å². The fourth-order valence-corrected chi connectivity index (χ4v) is 3.28. The number of nitrogens with one attached hydrogen (secondary N) is 2. The summed E-state index contributed by atoms with van der Waals surface area (Å²) in [5.74, 6) is -0.0731. The number of rotatable bonds is 6. The van der Waals surface area contributed by atoms with Gasteiger partial charge in [-0.05, 0) is 37.0 Å². The molecule has 0 atom stereocenters. The van der Waals surface area contributed by atoms with Crippen molar-refractivity contribution in [2.24, 2.45) is 0 Å². The number of benzene rings is 1. The molecule has 0 aliphatic heterocycles. The van der Waals surface area contributed by atoms with Crippen LogP contribution in [0.4, 0.5) is 5.00 Å². The average molecular weight is 329 g/mol. The van der Waals surface area contributed by atoms with E-state index in [1.54, 1.807) is 7.05 Å². The van der Waals surface area contributed by atoms with Crippen LogP contribution in [0, 0.1) is 6.92 Å². The number of nitrogens with zero attached hydrogens (tertiary/aromatic N) is 3. The van der Waals surface area contributed by atoms with E-state index in [1.807, 2.05) is 31.5 Å². The lowest BCUT2D eigenvalue weighted by Gasteiger charge is -2.07. The molecule has 0 aliphatic carbocycles. The van der Waals surface area contributed by atoms with Crippen LogP contribution in [0.5, 0.6) is 0 Å². The van der Waals surface area contributed by atoms with Gasteiger partial charge in [-0.25, -0.2) is 4.98 Å². The van der Waals surface area contributed by atoms with Crippen LogP contribution in [0.3, 0.4) is 0 Å². The molecule has 3 aromatic rings. The van der Waals surface area contributed by atoms with Crippen molar-refractivity contribution < 1.29 is 4.79 Å². The Kier molecular flexibility index (Phi) is 4.57. The summed E-state index contributed by atoms with van der Waals surface area (Å²) < 4.78 is 6.33. The van der Waals surface area contributed by atoms with Crippen molar-refractivity contribution in [2.45, 2.75) is 19.9 Å². The fraction of sp³-hybridized carbons (Fsp3) is 0.312. The molecule has 120 valence electrons. The molecule has 0 saturated carbocycles. The summed E-state index contributed by atoms with van der Waals surface area (Å²) in [7, 11) is 1.80.